The lowest BCUT2D eigenvalue weighted by atomic mass is 9.90. The van der Waals surface area contributed by atoms with Gasteiger partial charge in [-0.05, 0) is 36.6 Å². The van der Waals surface area contributed by atoms with E-state index < -0.39 is 12.0 Å². The van der Waals surface area contributed by atoms with Crippen molar-refractivity contribution in [2.24, 2.45) is 5.92 Å². The van der Waals surface area contributed by atoms with Gasteiger partial charge < -0.3 is 14.6 Å². The Morgan fingerprint density at radius 2 is 1.74 bits per heavy atom. The number of benzene rings is 2. The van der Waals surface area contributed by atoms with Crippen LogP contribution < -0.4 is 4.74 Å². The lowest BCUT2D eigenvalue weighted by Crippen LogP contribution is -2.26. The Morgan fingerprint density at radius 3 is 2.30 bits per heavy atom. The first-order valence-corrected chi connectivity index (χ1v) is 7.68. The van der Waals surface area contributed by atoms with E-state index in [1.54, 1.807) is 14.0 Å². The Balaban J connectivity index is 2.21. The van der Waals surface area contributed by atoms with E-state index in [0.717, 1.165) is 11.3 Å². The van der Waals surface area contributed by atoms with Crippen molar-refractivity contribution in [2.45, 2.75) is 19.4 Å². The summed E-state index contributed by atoms with van der Waals surface area (Å²) in [4.78, 5) is 12.3. The maximum absolute atomic E-state index is 12.3. The number of esters is 1. The number of aliphatic hydroxyl groups excluding tert-OH is 1. The van der Waals surface area contributed by atoms with Crippen LogP contribution in [0.4, 0.5) is 0 Å². The molecule has 0 aliphatic carbocycles. The molecule has 0 bridgehead atoms. The van der Waals surface area contributed by atoms with E-state index in [1.807, 2.05) is 54.6 Å². The highest BCUT2D eigenvalue weighted by atomic mass is 16.5. The van der Waals surface area contributed by atoms with E-state index >= 15 is 0 Å². The summed E-state index contributed by atoms with van der Waals surface area (Å²) in [6.45, 7) is 2.05. The van der Waals surface area contributed by atoms with Gasteiger partial charge in [-0.25, -0.2) is 0 Å². The molecule has 0 heterocycles. The molecule has 0 spiro atoms. The van der Waals surface area contributed by atoms with Gasteiger partial charge in [0.15, 0.2) is 0 Å². The van der Waals surface area contributed by atoms with Gasteiger partial charge in [0.05, 0.1) is 25.7 Å². The standard InChI is InChI=1S/C19H22O4/c1-3-23-19(21)17(18(20)15-7-5-4-6-8-15)13-14-9-11-16(22-2)12-10-14/h4-12,17-18,20H,3,13H2,1-2H3/t17-,18-/m1/s1. The van der Waals surface area contributed by atoms with Crippen molar-refractivity contribution in [3.8, 4) is 5.75 Å². The van der Waals surface area contributed by atoms with E-state index in [-0.39, 0.29) is 5.97 Å². The van der Waals surface area contributed by atoms with Crippen LogP contribution in [0.2, 0.25) is 0 Å². The molecule has 0 unspecified atom stereocenters. The molecule has 122 valence electrons. The predicted molar refractivity (Wildman–Crippen MR) is 88.2 cm³/mol. The van der Waals surface area contributed by atoms with Crippen molar-refractivity contribution in [1.29, 1.82) is 0 Å². The fourth-order valence-electron chi connectivity index (χ4n) is 2.47. The number of rotatable bonds is 7. The van der Waals surface area contributed by atoms with Crippen LogP contribution in [-0.4, -0.2) is 24.8 Å². The van der Waals surface area contributed by atoms with E-state index in [1.165, 1.54) is 0 Å². The molecule has 0 fully saturated rings. The van der Waals surface area contributed by atoms with E-state index in [2.05, 4.69) is 0 Å². The van der Waals surface area contributed by atoms with Crippen LogP contribution in [0.5, 0.6) is 5.75 Å². The molecular formula is C19H22O4. The zero-order chi connectivity index (χ0) is 16.7. The summed E-state index contributed by atoms with van der Waals surface area (Å²) < 4.78 is 10.3. The first-order chi connectivity index (χ1) is 11.2. The number of aliphatic hydroxyl groups is 1. The molecule has 0 saturated carbocycles. The summed E-state index contributed by atoms with van der Waals surface area (Å²) in [5.41, 5.74) is 1.65. The molecule has 2 rings (SSSR count). The summed E-state index contributed by atoms with van der Waals surface area (Å²) in [7, 11) is 1.61. The predicted octanol–water partition coefficient (Wildman–Crippen LogP) is 3.15. The molecule has 1 N–H and O–H groups in total. The SMILES string of the molecule is CCOC(=O)[C@H](Cc1ccc(OC)cc1)[C@H](O)c1ccccc1. The number of ether oxygens (including phenoxy) is 2. The normalized spacial score (nSPS) is 13.2. The van der Waals surface area contributed by atoms with Gasteiger partial charge in [0, 0.05) is 0 Å². The Labute approximate surface area is 136 Å². The third-order valence-corrected chi connectivity index (χ3v) is 3.73. The molecule has 2 aromatic carbocycles. The van der Waals surface area contributed by atoms with Crippen molar-refractivity contribution in [3.63, 3.8) is 0 Å². The van der Waals surface area contributed by atoms with Gasteiger partial charge in [-0.1, -0.05) is 42.5 Å². The highest BCUT2D eigenvalue weighted by molar-refractivity contribution is 5.73. The molecule has 2 aromatic rings. The summed E-state index contributed by atoms with van der Waals surface area (Å²) in [6.07, 6.45) is -0.504. The molecule has 0 aliphatic rings. The molecule has 0 radical (unpaired) electrons. The third-order valence-electron chi connectivity index (χ3n) is 3.73. The number of carbonyl (C=O) groups is 1. The average molecular weight is 314 g/mol. The van der Waals surface area contributed by atoms with Crippen molar-refractivity contribution in [2.75, 3.05) is 13.7 Å². The average Bonchev–Trinajstić information content (AvgIpc) is 2.60. The van der Waals surface area contributed by atoms with Crippen LogP contribution in [-0.2, 0) is 16.0 Å². The second kappa shape index (κ2) is 8.34. The zero-order valence-electron chi connectivity index (χ0n) is 13.4. The van der Waals surface area contributed by atoms with Crippen molar-refractivity contribution >= 4 is 5.97 Å². The monoisotopic (exact) mass is 314 g/mol. The summed E-state index contributed by atoms with van der Waals surface area (Å²) in [5, 5.41) is 10.6. The van der Waals surface area contributed by atoms with Gasteiger partial charge in [0.2, 0.25) is 0 Å². The summed E-state index contributed by atoms with van der Waals surface area (Å²) >= 11 is 0. The largest absolute Gasteiger partial charge is 0.497 e. The number of carbonyl (C=O) groups excluding carboxylic acids is 1. The molecule has 4 heteroatoms. The van der Waals surface area contributed by atoms with E-state index in [4.69, 9.17) is 9.47 Å². The molecule has 0 amide bonds. The van der Waals surface area contributed by atoms with Crippen LogP contribution >= 0.6 is 0 Å². The number of hydrogen-bond acceptors (Lipinski definition) is 4. The first kappa shape index (κ1) is 17.0. The van der Waals surface area contributed by atoms with E-state index in [0.29, 0.717) is 18.6 Å². The fraction of sp³-hybridized carbons (Fsp3) is 0.316. The quantitative estimate of drug-likeness (QED) is 0.798. The van der Waals surface area contributed by atoms with Gasteiger partial charge in [0.25, 0.3) is 0 Å². The molecule has 0 aliphatic heterocycles. The molecule has 2 atom stereocenters. The third kappa shape index (κ3) is 4.57. The van der Waals surface area contributed by atoms with Crippen LogP contribution in [0.3, 0.4) is 0 Å². The smallest absolute Gasteiger partial charge is 0.312 e. The van der Waals surface area contributed by atoms with Crippen molar-refractivity contribution < 1.29 is 19.4 Å². The zero-order valence-corrected chi connectivity index (χ0v) is 13.4. The second-order valence-corrected chi connectivity index (χ2v) is 5.27. The van der Waals surface area contributed by atoms with Crippen LogP contribution in [0, 0.1) is 5.92 Å². The van der Waals surface area contributed by atoms with Gasteiger partial charge in [0.1, 0.15) is 5.75 Å². The van der Waals surface area contributed by atoms with Gasteiger partial charge in [-0.15, -0.1) is 0 Å². The topological polar surface area (TPSA) is 55.8 Å². The maximum atomic E-state index is 12.3. The maximum Gasteiger partial charge on any atom is 0.312 e. The van der Waals surface area contributed by atoms with Crippen molar-refractivity contribution in [3.05, 3.63) is 65.7 Å². The van der Waals surface area contributed by atoms with Crippen molar-refractivity contribution in [1.82, 2.24) is 0 Å². The van der Waals surface area contributed by atoms with E-state index in [9.17, 15) is 9.90 Å². The lowest BCUT2D eigenvalue weighted by molar-refractivity contribution is -0.152. The van der Waals surface area contributed by atoms with Crippen LogP contribution in [0.15, 0.2) is 54.6 Å². The fourth-order valence-corrected chi connectivity index (χ4v) is 2.47. The molecule has 0 aromatic heterocycles. The van der Waals surface area contributed by atoms with Gasteiger partial charge in [-0.3, -0.25) is 4.79 Å². The minimum atomic E-state index is -0.905. The Hall–Kier alpha value is -2.33. The minimum Gasteiger partial charge on any atom is -0.497 e. The van der Waals surface area contributed by atoms with Gasteiger partial charge in [-0.2, -0.15) is 0 Å². The second-order valence-electron chi connectivity index (χ2n) is 5.27. The van der Waals surface area contributed by atoms with Crippen LogP contribution in [0.25, 0.3) is 0 Å². The summed E-state index contributed by atoms with van der Waals surface area (Å²) in [6, 6.07) is 16.6. The highest BCUT2D eigenvalue weighted by Gasteiger charge is 2.29. The molecular weight excluding hydrogens is 292 g/mol. The molecule has 4 nitrogen and oxygen atoms in total. The Morgan fingerprint density at radius 1 is 1.09 bits per heavy atom. The van der Waals surface area contributed by atoms with Gasteiger partial charge >= 0.3 is 5.97 Å². The molecule has 23 heavy (non-hydrogen) atoms. The lowest BCUT2D eigenvalue weighted by Gasteiger charge is -2.22. The molecule has 0 saturated heterocycles. The summed E-state index contributed by atoms with van der Waals surface area (Å²) in [5.74, 6) is -0.282. The first-order valence-electron chi connectivity index (χ1n) is 7.68. The minimum absolute atomic E-state index is 0.291. The Bertz CT molecular complexity index is 607. The highest BCUT2D eigenvalue weighted by Crippen LogP contribution is 2.27. The number of hydrogen-bond donors (Lipinski definition) is 1. The van der Waals surface area contributed by atoms with Crippen LogP contribution in [0.1, 0.15) is 24.2 Å². The Kier molecular flexibility index (Phi) is 6.18. The number of methoxy groups -OCH3 is 1.